The van der Waals surface area contributed by atoms with E-state index in [0.717, 1.165) is 39.1 Å². The Labute approximate surface area is 215 Å². The number of rotatable bonds is 4. The first kappa shape index (κ1) is 21.3. The Morgan fingerprint density at radius 3 is 1.57 bits per heavy atom. The number of fused-ring (bicyclic) bond motifs is 3. The first-order valence-electron chi connectivity index (χ1n) is 12.4. The van der Waals surface area contributed by atoms with Crippen molar-refractivity contribution in [3.05, 3.63) is 140 Å². The topological polar surface area (TPSA) is 30.7 Å². The van der Waals surface area contributed by atoms with Crippen molar-refractivity contribution in [2.75, 3.05) is 0 Å². The number of benzene rings is 5. The van der Waals surface area contributed by atoms with Gasteiger partial charge in [-0.15, -0.1) is 0 Å². The molecule has 0 atom stereocenters. The third kappa shape index (κ3) is 3.69. The van der Waals surface area contributed by atoms with E-state index < -0.39 is 0 Å². The normalized spacial score (nSPS) is 11.2. The minimum atomic E-state index is 0.662. The van der Waals surface area contributed by atoms with Crippen molar-refractivity contribution >= 4 is 21.8 Å². The molecule has 0 fully saturated rings. The summed E-state index contributed by atoms with van der Waals surface area (Å²) >= 11 is 0. The minimum Gasteiger partial charge on any atom is -0.277 e. The third-order valence-electron chi connectivity index (χ3n) is 6.83. The fourth-order valence-corrected chi connectivity index (χ4v) is 5.13. The fraction of sp³-hybridized carbons (Fsp3) is 0. The van der Waals surface area contributed by atoms with Gasteiger partial charge in [-0.2, -0.15) is 0 Å². The number of hydrogen-bond donors (Lipinski definition) is 0. The predicted molar refractivity (Wildman–Crippen MR) is 153 cm³/mol. The summed E-state index contributed by atoms with van der Waals surface area (Å²) in [6.07, 6.45) is 0. The van der Waals surface area contributed by atoms with Gasteiger partial charge in [-0.25, -0.2) is 9.97 Å². The number of para-hydroxylation sites is 2. The molecule has 0 bridgehead atoms. The first-order valence-corrected chi connectivity index (χ1v) is 12.4. The SMILES string of the molecule is c1ccc(-c2cc(-c3ccccc3)nc(-n3c4ccccc4c4cccc(-c5ccccc5)c43)n2)cc1. The quantitative estimate of drug-likeness (QED) is 0.256. The Morgan fingerprint density at radius 2 is 0.946 bits per heavy atom. The van der Waals surface area contributed by atoms with Crippen LogP contribution in [0.3, 0.4) is 0 Å². The fourth-order valence-electron chi connectivity index (χ4n) is 5.13. The van der Waals surface area contributed by atoms with Crippen LogP contribution in [0.25, 0.3) is 61.4 Å². The smallest absolute Gasteiger partial charge is 0.235 e. The molecule has 0 amide bonds. The standard InChI is InChI=1S/C34H23N3/c1-4-13-24(14-5-1)27-20-12-21-29-28-19-10-11-22-32(28)37(33(27)29)34-35-30(25-15-6-2-7-16-25)23-31(36-34)26-17-8-3-9-18-26/h1-23H. The van der Waals surface area contributed by atoms with Gasteiger partial charge >= 0.3 is 0 Å². The van der Waals surface area contributed by atoms with E-state index in [1.807, 2.05) is 36.4 Å². The second-order valence-electron chi connectivity index (χ2n) is 9.09. The largest absolute Gasteiger partial charge is 0.277 e. The number of hydrogen-bond acceptors (Lipinski definition) is 2. The monoisotopic (exact) mass is 473 g/mol. The third-order valence-corrected chi connectivity index (χ3v) is 6.83. The lowest BCUT2D eigenvalue weighted by Crippen LogP contribution is -2.04. The van der Waals surface area contributed by atoms with Crippen LogP contribution in [0.1, 0.15) is 0 Å². The van der Waals surface area contributed by atoms with Crippen LogP contribution in [0, 0.1) is 0 Å². The molecule has 0 N–H and O–H groups in total. The summed E-state index contributed by atoms with van der Waals surface area (Å²) in [5.41, 5.74) is 8.44. The van der Waals surface area contributed by atoms with E-state index in [1.165, 1.54) is 16.3 Å². The molecular formula is C34H23N3. The zero-order valence-corrected chi connectivity index (χ0v) is 20.1. The van der Waals surface area contributed by atoms with Gasteiger partial charge in [0.05, 0.1) is 22.4 Å². The summed E-state index contributed by atoms with van der Waals surface area (Å²) in [6, 6.07) is 48.3. The number of aromatic nitrogens is 3. The van der Waals surface area contributed by atoms with Gasteiger partial charge in [-0.1, -0.05) is 127 Å². The average molecular weight is 474 g/mol. The highest BCUT2D eigenvalue weighted by Crippen LogP contribution is 2.38. The highest BCUT2D eigenvalue weighted by Gasteiger charge is 2.19. The van der Waals surface area contributed by atoms with Crippen molar-refractivity contribution in [3.8, 4) is 39.6 Å². The Hall–Kier alpha value is -5.02. The Bertz CT molecular complexity index is 1800. The molecule has 0 saturated heterocycles. The lowest BCUT2D eigenvalue weighted by molar-refractivity contribution is 0.996. The van der Waals surface area contributed by atoms with E-state index in [0.29, 0.717) is 5.95 Å². The summed E-state index contributed by atoms with van der Waals surface area (Å²) in [4.78, 5) is 10.3. The maximum absolute atomic E-state index is 5.16. The zero-order chi connectivity index (χ0) is 24.6. The Morgan fingerprint density at radius 1 is 0.432 bits per heavy atom. The molecule has 0 aliphatic heterocycles. The van der Waals surface area contributed by atoms with Crippen molar-refractivity contribution in [2.24, 2.45) is 0 Å². The predicted octanol–water partition coefficient (Wildman–Crippen LogP) is 8.57. The van der Waals surface area contributed by atoms with Gasteiger partial charge in [0.1, 0.15) is 0 Å². The molecule has 0 aliphatic rings. The highest BCUT2D eigenvalue weighted by molar-refractivity contribution is 6.13. The minimum absolute atomic E-state index is 0.662. The highest BCUT2D eigenvalue weighted by atomic mass is 15.2. The molecule has 0 radical (unpaired) electrons. The van der Waals surface area contributed by atoms with E-state index in [-0.39, 0.29) is 0 Å². The van der Waals surface area contributed by atoms with E-state index in [1.54, 1.807) is 0 Å². The summed E-state index contributed by atoms with van der Waals surface area (Å²) in [7, 11) is 0. The molecule has 7 aromatic rings. The maximum atomic E-state index is 5.16. The molecule has 7 rings (SSSR count). The van der Waals surface area contributed by atoms with E-state index in [2.05, 4.69) is 108 Å². The van der Waals surface area contributed by atoms with E-state index in [4.69, 9.17) is 9.97 Å². The second kappa shape index (κ2) is 8.89. The van der Waals surface area contributed by atoms with Crippen LogP contribution in [-0.4, -0.2) is 14.5 Å². The van der Waals surface area contributed by atoms with Crippen LogP contribution in [0.15, 0.2) is 140 Å². The summed E-state index contributed by atoms with van der Waals surface area (Å²) in [5.74, 6) is 0.662. The van der Waals surface area contributed by atoms with Gasteiger partial charge < -0.3 is 0 Å². The molecule has 0 aliphatic carbocycles. The molecule has 3 nitrogen and oxygen atoms in total. The molecule has 3 heteroatoms. The lowest BCUT2D eigenvalue weighted by atomic mass is 10.0. The second-order valence-corrected chi connectivity index (χ2v) is 9.09. The van der Waals surface area contributed by atoms with Crippen LogP contribution in [0.5, 0.6) is 0 Å². The molecule has 2 heterocycles. The molecule has 0 unspecified atom stereocenters. The molecule has 2 aromatic heterocycles. The van der Waals surface area contributed by atoms with Gasteiger partial charge in [0, 0.05) is 27.5 Å². The van der Waals surface area contributed by atoms with Crippen LogP contribution >= 0.6 is 0 Å². The molecule has 37 heavy (non-hydrogen) atoms. The molecule has 0 spiro atoms. The van der Waals surface area contributed by atoms with Gasteiger partial charge in [0.15, 0.2) is 0 Å². The van der Waals surface area contributed by atoms with Crippen molar-refractivity contribution in [1.82, 2.24) is 14.5 Å². The van der Waals surface area contributed by atoms with E-state index in [9.17, 15) is 0 Å². The number of nitrogens with zero attached hydrogens (tertiary/aromatic N) is 3. The van der Waals surface area contributed by atoms with Crippen molar-refractivity contribution in [3.63, 3.8) is 0 Å². The van der Waals surface area contributed by atoms with Gasteiger partial charge in [0.25, 0.3) is 0 Å². The molecule has 174 valence electrons. The van der Waals surface area contributed by atoms with Crippen LogP contribution in [-0.2, 0) is 0 Å². The molecule has 0 saturated carbocycles. The maximum Gasteiger partial charge on any atom is 0.235 e. The van der Waals surface area contributed by atoms with E-state index >= 15 is 0 Å². The van der Waals surface area contributed by atoms with Crippen molar-refractivity contribution in [1.29, 1.82) is 0 Å². The Kier molecular flexibility index (Phi) is 5.11. The summed E-state index contributed by atoms with van der Waals surface area (Å²) in [5, 5.41) is 2.37. The molecular weight excluding hydrogens is 450 g/mol. The molecule has 5 aromatic carbocycles. The zero-order valence-electron chi connectivity index (χ0n) is 20.1. The Balaban J connectivity index is 1.60. The van der Waals surface area contributed by atoms with Crippen molar-refractivity contribution in [2.45, 2.75) is 0 Å². The average Bonchev–Trinajstić information content (AvgIpc) is 3.33. The van der Waals surface area contributed by atoms with Gasteiger partial charge in [-0.05, 0) is 17.7 Å². The van der Waals surface area contributed by atoms with Crippen LogP contribution in [0.2, 0.25) is 0 Å². The van der Waals surface area contributed by atoms with Crippen molar-refractivity contribution < 1.29 is 0 Å². The van der Waals surface area contributed by atoms with Crippen LogP contribution in [0.4, 0.5) is 0 Å². The van der Waals surface area contributed by atoms with Gasteiger partial charge in [0.2, 0.25) is 5.95 Å². The lowest BCUT2D eigenvalue weighted by Gasteiger charge is -2.13. The van der Waals surface area contributed by atoms with Gasteiger partial charge in [-0.3, -0.25) is 4.57 Å². The summed E-state index contributed by atoms with van der Waals surface area (Å²) < 4.78 is 2.23. The van der Waals surface area contributed by atoms with Crippen LogP contribution < -0.4 is 0 Å². The first-order chi connectivity index (χ1) is 18.4. The summed E-state index contributed by atoms with van der Waals surface area (Å²) in [6.45, 7) is 0.